The van der Waals surface area contributed by atoms with Crippen LogP contribution in [0.15, 0.2) is 84.3 Å². The summed E-state index contributed by atoms with van der Waals surface area (Å²) in [5.74, 6) is 1.80. The van der Waals surface area contributed by atoms with Crippen molar-refractivity contribution in [1.82, 2.24) is 15.2 Å². The highest BCUT2D eigenvalue weighted by molar-refractivity contribution is 6.30. The number of hydrogen-bond donors (Lipinski definition) is 2. The van der Waals surface area contributed by atoms with Gasteiger partial charge < -0.3 is 20.1 Å². The van der Waals surface area contributed by atoms with Gasteiger partial charge in [-0.25, -0.2) is 4.98 Å². The SMILES string of the molecule is CCCNCC1C=CC=C2Oc3ncccc3C(=CCCN3CCC(O)(c4ccc(Cl)cc4)CC3)C=C21. The molecule has 1 unspecified atom stereocenters. The van der Waals surface area contributed by atoms with E-state index in [9.17, 15) is 5.11 Å². The molecule has 1 aromatic heterocycles. The maximum Gasteiger partial charge on any atom is 0.227 e. The number of ether oxygens (including phenoxy) is 1. The highest BCUT2D eigenvalue weighted by atomic mass is 35.5. The molecule has 5 nitrogen and oxygen atoms in total. The molecule has 0 amide bonds. The number of likely N-dealkylation sites (tertiary alicyclic amines) is 1. The van der Waals surface area contributed by atoms with Crippen molar-refractivity contribution in [3.63, 3.8) is 0 Å². The van der Waals surface area contributed by atoms with Crippen LogP contribution in [0.2, 0.25) is 5.02 Å². The quantitative estimate of drug-likeness (QED) is 0.428. The van der Waals surface area contributed by atoms with Gasteiger partial charge in [0.05, 0.1) is 5.60 Å². The molecule has 5 rings (SSSR count). The third-order valence-corrected chi connectivity index (χ3v) is 7.79. The van der Waals surface area contributed by atoms with Crippen molar-refractivity contribution in [2.24, 2.45) is 5.92 Å². The molecule has 2 aromatic rings. The van der Waals surface area contributed by atoms with Crippen LogP contribution in [0, 0.1) is 5.92 Å². The molecule has 1 aromatic carbocycles. The molecule has 2 aliphatic heterocycles. The Labute approximate surface area is 225 Å². The van der Waals surface area contributed by atoms with Gasteiger partial charge in [0.1, 0.15) is 5.76 Å². The molecule has 0 bridgehead atoms. The molecule has 3 aliphatic rings. The zero-order chi connectivity index (χ0) is 25.7. The van der Waals surface area contributed by atoms with Gasteiger partial charge in [-0.15, -0.1) is 0 Å². The first-order valence-electron chi connectivity index (χ1n) is 13.4. The van der Waals surface area contributed by atoms with Crippen LogP contribution in [0.4, 0.5) is 0 Å². The second-order valence-corrected chi connectivity index (χ2v) is 10.5. The number of allylic oxidation sites excluding steroid dienone is 5. The Morgan fingerprint density at radius 1 is 1.22 bits per heavy atom. The number of aliphatic hydroxyl groups is 1. The summed E-state index contributed by atoms with van der Waals surface area (Å²) < 4.78 is 6.31. The van der Waals surface area contributed by atoms with E-state index in [1.54, 1.807) is 6.20 Å². The molecule has 0 saturated carbocycles. The van der Waals surface area contributed by atoms with Crippen LogP contribution in [0.5, 0.6) is 5.88 Å². The van der Waals surface area contributed by atoms with Crippen LogP contribution < -0.4 is 10.1 Å². The molecule has 194 valence electrons. The van der Waals surface area contributed by atoms with Gasteiger partial charge in [-0.1, -0.05) is 48.9 Å². The molecule has 1 atom stereocenters. The second-order valence-electron chi connectivity index (χ2n) is 10.1. The van der Waals surface area contributed by atoms with Crippen LogP contribution in [0.1, 0.15) is 43.7 Å². The lowest BCUT2D eigenvalue weighted by atomic mass is 9.84. The van der Waals surface area contributed by atoms with Crippen LogP contribution in [-0.4, -0.2) is 47.7 Å². The van der Waals surface area contributed by atoms with Gasteiger partial charge in [0.2, 0.25) is 5.88 Å². The maximum absolute atomic E-state index is 11.2. The number of pyridine rings is 1. The van der Waals surface area contributed by atoms with Gasteiger partial charge >= 0.3 is 0 Å². The zero-order valence-electron chi connectivity index (χ0n) is 21.5. The van der Waals surface area contributed by atoms with E-state index in [1.165, 1.54) is 5.57 Å². The van der Waals surface area contributed by atoms with Gasteiger partial charge in [0.15, 0.2) is 0 Å². The van der Waals surface area contributed by atoms with Gasteiger partial charge in [0.25, 0.3) is 0 Å². The van der Waals surface area contributed by atoms with Crippen molar-refractivity contribution in [3.05, 3.63) is 100 Å². The highest BCUT2D eigenvalue weighted by Gasteiger charge is 2.33. The fourth-order valence-corrected chi connectivity index (χ4v) is 5.48. The number of rotatable bonds is 8. The monoisotopic (exact) mass is 517 g/mol. The lowest BCUT2D eigenvalue weighted by Gasteiger charge is -2.38. The van der Waals surface area contributed by atoms with E-state index in [4.69, 9.17) is 16.3 Å². The molecule has 0 radical (unpaired) electrons. The molecule has 1 aliphatic carbocycles. The number of piperidine rings is 1. The van der Waals surface area contributed by atoms with Crippen molar-refractivity contribution < 1.29 is 9.84 Å². The van der Waals surface area contributed by atoms with Crippen molar-refractivity contribution >= 4 is 17.2 Å². The lowest BCUT2D eigenvalue weighted by Crippen LogP contribution is -2.42. The number of nitrogens with one attached hydrogen (secondary N) is 1. The van der Waals surface area contributed by atoms with Crippen LogP contribution in [0.25, 0.3) is 5.57 Å². The predicted octanol–water partition coefficient (Wildman–Crippen LogP) is 5.88. The first-order chi connectivity index (χ1) is 18.1. The van der Waals surface area contributed by atoms with E-state index in [0.29, 0.717) is 10.9 Å². The van der Waals surface area contributed by atoms with Crippen LogP contribution in [0.3, 0.4) is 0 Å². The number of fused-ring (bicyclic) bond motifs is 2. The van der Waals surface area contributed by atoms with E-state index in [2.05, 4.69) is 52.5 Å². The summed E-state index contributed by atoms with van der Waals surface area (Å²) in [6.45, 7) is 6.76. The summed E-state index contributed by atoms with van der Waals surface area (Å²) in [4.78, 5) is 6.99. The number of hydrogen-bond acceptors (Lipinski definition) is 5. The molecule has 3 heterocycles. The van der Waals surface area contributed by atoms with Crippen molar-refractivity contribution in [1.29, 1.82) is 0 Å². The van der Waals surface area contributed by atoms with Gasteiger partial charge in [0, 0.05) is 54.5 Å². The number of halogens is 1. The molecule has 0 spiro atoms. The summed E-state index contributed by atoms with van der Waals surface area (Å²) >= 11 is 6.04. The van der Waals surface area contributed by atoms with E-state index >= 15 is 0 Å². The number of benzene rings is 1. The summed E-state index contributed by atoms with van der Waals surface area (Å²) in [5.41, 5.74) is 3.57. The molecule has 1 fully saturated rings. The summed E-state index contributed by atoms with van der Waals surface area (Å²) in [7, 11) is 0. The first kappa shape index (κ1) is 25.9. The van der Waals surface area contributed by atoms with Gasteiger partial charge in [-0.3, -0.25) is 0 Å². The number of aromatic nitrogens is 1. The van der Waals surface area contributed by atoms with Crippen LogP contribution >= 0.6 is 11.6 Å². The molecular formula is C31H36ClN3O2. The van der Waals surface area contributed by atoms with Gasteiger partial charge in [-0.05, 0) is 79.8 Å². The minimum atomic E-state index is -0.773. The Kier molecular flexibility index (Phi) is 8.26. The molecule has 1 saturated heterocycles. The van der Waals surface area contributed by atoms with Crippen molar-refractivity contribution in [3.8, 4) is 5.88 Å². The second kappa shape index (κ2) is 11.8. The minimum Gasteiger partial charge on any atom is -0.438 e. The van der Waals surface area contributed by atoms with Crippen LogP contribution in [-0.2, 0) is 5.60 Å². The molecule has 37 heavy (non-hydrogen) atoms. The smallest absolute Gasteiger partial charge is 0.227 e. The van der Waals surface area contributed by atoms with Gasteiger partial charge in [-0.2, -0.15) is 0 Å². The minimum absolute atomic E-state index is 0.261. The zero-order valence-corrected chi connectivity index (χ0v) is 22.3. The summed E-state index contributed by atoms with van der Waals surface area (Å²) in [6.07, 6.45) is 16.2. The largest absolute Gasteiger partial charge is 0.438 e. The molecular weight excluding hydrogens is 482 g/mol. The third-order valence-electron chi connectivity index (χ3n) is 7.54. The van der Waals surface area contributed by atoms with E-state index in [1.807, 2.05) is 36.4 Å². The standard InChI is InChI=1S/C31H36ClN3O2/c1-2-16-33-22-24-6-3-9-29-28(24)21-23(27-8-4-17-34-30(27)37-29)7-5-18-35-19-14-31(36,15-20-35)25-10-12-26(32)13-11-25/h3-4,6-13,17,21,24,33,36H,2,5,14-16,18-20,22H2,1H3. The fourth-order valence-electron chi connectivity index (χ4n) is 5.35. The lowest BCUT2D eigenvalue weighted by molar-refractivity contribution is -0.0254. The van der Waals surface area contributed by atoms with E-state index < -0.39 is 5.60 Å². The Hall–Kier alpha value is -2.70. The average molecular weight is 518 g/mol. The summed E-state index contributed by atoms with van der Waals surface area (Å²) in [6, 6.07) is 11.7. The fraction of sp³-hybridized carbons (Fsp3) is 0.387. The Morgan fingerprint density at radius 2 is 2.03 bits per heavy atom. The topological polar surface area (TPSA) is 57.6 Å². The Balaban J connectivity index is 1.28. The first-order valence-corrected chi connectivity index (χ1v) is 13.8. The normalized spacial score (nSPS) is 21.9. The van der Waals surface area contributed by atoms with Crippen molar-refractivity contribution in [2.75, 3.05) is 32.7 Å². The highest BCUT2D eigenvalue weighted by Crippen LogP contribution is 2.38. The number of nitrogens with zero attached hydrogens (tertiary/aromatic N) is 2. The maximum atomic E-state index is 11.2. The Bertz CT molecular complexity index is 1210. The average Bonchev–Trinajstić information content (AvgIpc) is 3.07. The molecule has 2 N–H and O–H groups in total. The van der Waals surface area contributed by atoms with Crippen molar-refractivity contribution in [2.45, 2.75) is 38.2 Å². The predicted molar refractivity (Wildman–Crippen MR) is 150 cm³/mol. The molecule has 6 heteroatoms. The van der Waals surface area contributed by atoms with E-state index in [0.717, 1.165) is 80.9 Å². The van der Waals surface area contributed by atoms with E-state index in [-0.39, 0.29) is 5.92 Å². The summed E-state index contributed by atoms with van der Waals surface area (Å²) in [5, 5.41) is 15.5. The third kappa shape index (κ3) is 6.07. The Morgan fingerprint density at radius 3 is 2.81 bits per heavy atom.